The zero-order valence-corrected chi connectivity index (χ0v) is 25.3. The number of aliphatic carboxylic acids is 2. The molecule has 0 rings (SSSR count). The number of aliphatic hydroxyl groups excluding tert-OH is 7. The van der Waals surface area contributed by atoms with Crippen LogP contribution in [0.15, 0.2) is 0 Å². The van der Waals surface area contributed by atoms with Gasteiger partial charge in [-0.25, -0.2) is 0 Å². The van der Waals surface area contributed by atoms with Crippen molar-refractivity contribution in [1.29, 1.82) is 0 Å². The predicted molar refractivity (Wildman–Crippen MR) is 92.8 cm³/mol. The molecule has 0 saturated heterocycles. The maximum Gasteiger partial charge on any atom is 2.00 e. The van der Waals surface area contributed by atoms with Crippen LogP contribution in [0.1, 0.15) is 0 Å². The largest absolute Gasteiger partial charge is 2.00 e. The average Bonchev–Trinajstić information content (AvgIpc) is 2.61. The van der Waals surface area contributed by atoms with E-state index >= 15 is 0 Å². The maximum absolute atomic E-state index is 10.5. The second-order valence-electron chi connectivity index (χ2n) is 4.81. The van der Waals surface area contributed by atoms with E-state index in [9.17, 15) is 53.3 Å². The molecular weight excluding hydrogens is 606 g/mol. The molecule has 24 heteroatoms. The molecule has 0 aliphatic rings. The minimum absolute atomic E-state index is 0. The van der Waals surface area contributed by atoms with Crippen molar-refractivity contribution in [3.8, 4) is 0 Å². The summed E-state index contributed by atoms with van der Waals surface area (Å²) in [6.45, 7) is -1.69. The van der Waals surface area contributed by atoms with Crippen LogP contribution in [0.4, 0.5) is 0 Å². The first kappa shape index (κ1) is 49.3. The average molecular weight is 622 g/mol. The van der Waals surface area contributed by atoms with Crippen LogP contribution in [0.3, 0.4) is 0 Å². The first-order valence-corrected chi connectivity index (χ1v) is 9.95. The fourth-order valence-corrected chi connectivity index (χ4v) is 1.96. The van der Waals surface area contributed by atoms with Crippen molar-refractivity contribution >= 4 is 147 Å². The number of ketones is 1. The minimum atomic E-state index is -5.68. The smallest absolute Gasteiger partial charge is 0.790 e. The Labute approximate surface area is 279 Å². The van der Waals surface area contributed by atoms with Crippen LogP contribution in [0.5, 0.6) is 0 Å². The first-order chi connectivity index (χ1) is 13.7. The van der Waals surface area contributed by atoms with Crippen LogP contribution in [-0.2, 0) is 27.8 Å². The number of phosphoric acid groups is 2. The van der Waals surface area contributed by atoms with Crippen molar-refractivity contribution in [1.82, 2.24) is 0 Å². The van der Waals surface area contributed by atoms with E-state index in [4.69, 9.17) is 35.7 Å². The minimum Gasteiger partial charge on any atom is -0.790 e. The summed E-state index contributed by atoms with van der Waals surface area (Å²) >= 11 is 0. The monoisotopic (exact) mass is 622 g/mol. The van der Waals surface area contributed by atoms with E-state index in [0.717, 1.165) is 0 Å². The molecule has 0 aromatic heterocycles. The molecule has 0 amide bonds. The number of carbonyl (C=O) groups is 3. The van der Waals surface area contributed by atoms with Gasteiger partial charge in [0.05, 0.1) is 34.2 Å². The van der Waals surface area contributed by atoms with Gasteiger partial charge in [0, 0.05) is 0 Å². The van der Waals surface area contributed by atoms with Crippen molar-refractivity contribution in [2.24, 2.45) is 0 Å². The van der Waals surface area contributed by atoms with Crippen LogP contribution in [0.25, 0.3) is 0 Å². The van der Waals surface area contributed by atoms with Gasteiger partial charge in [0.15, 0.2) is 5.78 Å². The van der Waals surface area contributed by atoms with E-state index in [0.29, 0.717) is 0 Å². The van der Waals surface area contributed by atoms with E-state index in [1.165, 1.54) is 0 Å². The molecule has 0 aliphatic heterocycles. The van der Waals surface area contributed by atoms with Gasteiger partial charge in [-0.15, -0.1) is 0 Å². The fourth-order valence-electron chi connectivity index (χ4n) is 0.983. The SMILES string of the molecule is O=C(CO)[C@@H](O)[C@H](O)[C@H](O)CO.O=C([O-])C(O)C(O)C(=O)[O-].O=P([O-])([O-])OP(=O)([O-])[O-].[Ca+2].[Ca+2].[Ca+2]. The topological polar surface area (TPSA) is 375 Å². The van der Waals surface area contributed by atoms with Gasteiger partial charge in [0.2, 0.25) is 0 Å². The Kier molecular flexibility index (Phi) is 35.4. The Balaban J connectivity index is -0.0000000836. The third-order valence-electron chi connectivity index (χ3n) is 2.37. The molecule has 0 spiro atoms. The number of Topliss-reactive ketones (excluding diaryl/α,β-unsaturated/α-hetero) is 1. The zero-order valence-electron chi connectivity index (χ0n) is 16.8. The summed E-state index contributed by atoms with van der Waals surface area (Å²) in [6, 6.07) is 0. The molecule has 0 aromatic rings. The first-order valence-electron chi connectivity index (χ1n) is 7.03. The summed E-state index contributed by atoms with van der Waals surface area (Å²) in [5.41, 5.74) is 0. The van der Waals surface area contributed by atoms with E-state index in [-0.39, 0.29) is 113 Å². The molecule has 0 saturated carbocycles. The zero-order chi connectivity index (χ0) is 25.7. The van der Waals surface area contributed by atoms with Crippen LogP contribution >= 0.6 is 15.6 Å². The summed E-state index contributed by atoms with van der Waals surface area (Å²) in [6.07, 6.45) is -10.1. The van der Waals surface area contributed by atoms with Gasteiger partial charge in [0.1, 0.15) is 37.1 Å². The van der Waals surface area contributed by atoms with E-state index in [1.54, 1.807) is 0 Å². The molecule has 186 valence electrons. The van der Waals surface area contributed by atoms with Crippen LogP contribution in [0, 0.1) is 0 Å². The number of rotatable bonds is 10. The third-order valence-corrected chi connectivity index (χ3v) is 3.97. The van der Waals surface area contributed by atoms with Gasteiger partial charge in [0.25, 0.3) is 0 Å². The van der Waals surface area contributed by atoms with Gasteiger partial charge in [-0.1, -0.05) is 0 Å². The second-order valence-corrected chi connectivity index (χ2v) is 7.26. The van der Waals surface area contributed by atoms with E-state index < -0.39 is 77.1 Å². The van der Waals surface area contributed by atoms with E-state index in [2.05, 4.69) is 4.31 Å². The Bertz CT molecular complexity index is 629. The van der Waals surface area contributed by atoms with Gasteiger partial charge in [-0.2, -0.15) is 0 Å². The predicted octanol–water partition coefficient (Wildman–Crippen LogP) is -12.7. The molecule has 2 unspecified atom stereocenters. The van der Waals surface area contributed by atoms with Crippen LogP contribution in [0.2, 0.25) is 0 Å². The van der Waals surface area contributed by atoms with Crippen molar-refractivity contribution < 1.29 is 93.4 Å². The number of carbonyl (C=O) groups excluding carboxylic acids is 3. The number of carboxylic acids is 2. The Hall–Kier alpha value is 2.37. The summed E-state index contributed by atoms with van der Waals surface area (Å²) in [5, 5.41) is 78.8. The summed E-state index contributed by atoms with van der Waals surface area (Å²) in [5.74, 6) is -5.12. The number of hydrogen-bond donors (Lipinski definition) is 7. The summed E-state index contributed by atoms with van der Waals surface area (Å²) in [4.78, 5) is 67.1. The Morgan fingerprint density at radius 2 is 1.00 bits per heavy atom. The number of aliphatic hydroxyl groups is 7. The molecule has 7 N–H and O–H groups in total. The molecule has 0 fully saturated rings. The Morgan fingerprint density at radius 3 is 1.15 bits per heavy atom. The Morgan fingerprint density at radius 1 is 0.706 bits per heavy atom. The van der Waals surface area contributed by atoms with Gasteiger partial charge in [-0.3, -0.25) is 4.79 Å². The van der Waals surface area contributed by atoms with Crippen LogP contribution in [-0.4, -0.2) is 210 Å². The van der Waals surface area contributed by atoms with Crippen molar-refractivity contribution in [3.05, 3.63) is 0 Å². The standard InChI is InChI=1S/C6H12O6.C4H6O6.3Ca.H4O7P2/c7-1-3(9)5(11)6(12)4(10)2-8;5-1(3(7)8)2(6)4(9)10;;;;1-8(2,3)7-9(4,5)6/h3,5-9,11-12H,1-2H2;1-2,5-6H,(H,7,8)(H,9,10);;;;(H2,1,2,3)(H2,4,5,6)/q;;3*+2;/p-6/t3-,5-,6-;;;;;/m1...../s1. The molecule has 0 aromatic carbocycles. The second kappa shape index (κ2) is 24.4. The van der Waals surface area contributed by atoms with Crippen molar-refractivity contribution in [2.75, 3.05) is 13.2 Å². The van der Waals surface area contributed by atoms with Crippen molar-refractivity contribution in [3.63, 3.8) is 0 Å². The quantitative estimate of drug-likeness (QED) is 0.0877. The molecule has 34 heavy (non-hydrogen) atoms. The normalized spacial score (nSPS) is 14.8. The molecule has 19 nitrogen and oxygen atoms in total. The van der Waals surface area contributed by atoms with Crippen molar-refractivity contribution in [2.45, 2.75) is 30.5 Å². The molecule has 5 atom stereocenters. The van der Waals surface area contributed by atoms with E-state index in [1.807, 2.05) is 0 Å². The van der Waals surface area contributed by atoms with Gasteiger partial charge in [-0.05, 0) is 0 Å². The number of carboxylic acid groups (broad SMARTS) is 2. The summed E-state index contributed by atoms with van der Waals surface area (Å²) in [7, 11) is -11.4. The molecule has 0 aliphatic carbocycles. The summed E-state index contributed by atoms with van der Waals surface area (Å²) < 4.78 is 21.2. The molecule has 0 radical (unpaired) electrons. The third kappa shape index (κ3) is 28.9. The van der Waals surface area contributed by atoms with Gasteiger partial charge < -0.3 is 88.6 Å². The maximum atomic E-state index is 10.5. The molecule has 0 bridgehead atoms. The van der Waals surface area contributed by atoms with Crippen LogP contribution < -0.4 is 29.8 Å². The number of hydrogen-bond acceptors (Lipinski definition) is 19. The van der Waals surface area contributed by atoms with Gasteiger partial charge >= 0.3 is 113 Å². The molecular formula is C10H16Ca3O19P2. The fraction of sp³-hybridized carbons (Fsp3) is 0.700. The molecule has 0 heterocycles.